The molecular formula is C46H27BN2O. The Morgan fingerprint density at radius 3 is 2.08 bits per heavy atom. The van der Waals surface area contributed by atoms with Gasteiger partial charge in [0.05, 0.1) is 10.9 Å². The molecule has 4 heterocycles. The Morgan fingerprint density at radius 1 is 0.520 bits per heavy atom. The second-order valence-electron chi connectivity index (χ2n) is 13.6. The number of anilines is 2. The second kappa shape index (κ2) is 9.55. The van der Waals surface area contributed by atoms with Gasteiger partial charge >= 0.3 is 6.85 Å². The van der Waals surface area contributed by atoms with E-state index < -0.39 is 0 Å². The fraction of sp³-hybridized carbons (Fsp3) is 0. The number of benzene rings is 8. The summed E-state index contributed by atoms with van der Waals surface area (Å²) in [5.41, 5.74) is 14.3. The van der Waals surface area contributed by atoms with Crippen molar-refractivity contribution in [3.8, 4) is 27.9 Å². The number of rotatable bonds is 2. The largest absolute Gasteiger partial charge is 0.439 e. The Hall–Kier alpha value is -6.52. The van der Waals surface area contributed by atoms with Gasteiger partial charge in [0.2, 0.25) is 5.71 Å². The molecule has 10 aromatic rings. The molecule has 0 unspecified atom stereocenters. The minimum absolute atomic E-state index is 0.0630. The van der Waals surface area contributed by atoms with E-state index >= 15 is 0 Å². The van der Waals surface area contributed by atoms with E-state index in [1.165, 1.54) is 88.1 Å². The molecule has 0 aliphatic carbocycles. The molecule has 0 saturated heterocycles. The van der Waals surface area contributed by atoms with Gasteiger partial charge in [-0.3, -0.25) is 4.57 Å². The summed E-state index contributed by atoms with van der Waals surface area (Å²) in [5.74, 6) is 0. The van der Waals surface area contributed by atoms with Crippen LogP contribution in [-0.4, -0.2) is 11.4 Å². The van der Waals surface area contributed by atoms with Gasteiger partial charge in [-0.15, -0.1) is 0 Å². The Bertz CT molecular complexity index is 3050. The molecule has 0 saturated carbocycles. The summed E-state index contributed by atoms with van der Waals surface area (Å²) in [4.78, 5) is 2.62. The standard InChI is InChI=1S/C46H27BN2O/c1-2-11-28(12-3-1)29-21-24-32(25-22-29)49-44-34-16-7-4-13-30(34)23-26-37(44)41-33-15-6-5-14-31(33)27-39-43(41)47(49)38-19-10-18-36-42-35-17-8-9-20-40(35)50-46(42)48(39)45(36)38/h1-27H. The summed E-state index contributed by atoms with van der Waals surface area (Å²) in [6.45, 7) is -0.0630. The van der Waals surface area contributed by atoms with Crippen LogP contribution in [0.4, 0.5) is 11.4 Å². The van der Waals surface area contributed by atoms with Gasteiger partial charge in [-0.1, -0.05) is 140 Å². The number of nitrogens with zero attached hydrogens (tertiary/aromatic N) is 2. The van der Waals surface area contributed by atoms with E-state index in [1.807, 2.05) is 0 Å². The molecule has 230 valence electrons. The minimum atomic E-state index is -0.0630. The highest BCUT2D eigenvalue weighted by atomic mass is 16.3. The van der Waals surface area contributed by atoms with Gasteiger partial charge in [0.25, 0.3) is 0 Å². The molecule has 0 atom stereocenters. The SMILES string of the molecule is c1ccc(-c2ccc(N3B4c5c(cc6ccccc6c5-c5ccc6ccccc6c53)-n3c5oc6ccccc6c5c5cccc4c53)cc2)cc1. The van der Waals surface area contributed by atoms with Crippen molar-refractivity contribution in [1.29, 1.82) is 0 Å². The maximum Gasteiger partial charge on any atom is 0.333 e. The lowest BCUT2D eigenvalue weighted by Crippen LogP contribution is -2.60. The third-order valence-corrected chi connectivity index (χ3v) is 11.1. The van der Waals surface area contributed by atoms with Gasteiger partial charge in [-0.2, -0.15) is 0 Å². The first-order chi connectivity index (χ1) is 24.8. The molecule has 2 aromatic heterocycles. The van der Waals surface area contributed by atoms with Crippen LogP contribution in [0, 0.1) is 0 Å². The molecular weight excluding hydrogens is 607 g/mol. The molecule has 12 rings (SSSR count). The van der Waals surface area contributed by atoms with E-state index in [0.29, 0.717) is 0 Å². The van der Waals surface area contributed by atoms with Crippen molar-refractivity contribution in [2.45, 2.75) is 0 Å². The number of fused-ring (bicyclic) bond motifs is 13. The van der Waals surface area contributed by atoms with E-state index in [1.54, 1.807) is 0 Å². The van der Waals surface area contributed by atoms with E-state index in [9.17, 15) is 0 Å². The number of para-hydroxylation sites is 2. The molecule has 0 amide bonds. The van der Waals surface area contributed by atoms with Gasteiger partial charge in [0.15, 0.2) is 0 Å². The number of furan rings is 1. The lowest BCUT2D eigenvalue weighted by atomic mass is 9.43. The average Bonchev–Trinajstić information content (AvgIpc) is 3.72. The molecule has 0 fully saturated rings. The Labute approximate surface area is 288 Å². The second-order valence-corrected chi connectivity index (χ2v) is 13.6. The molecule has 50 heavy (non-hydrogen) atoms. The quantitative estimate of drug-likeness (QED) is 0.177. The first-order valence-electron chi connectivity index (χ1n) is 17.3. The molecule has 0 N–H and O–H groups in total. The average molecular weight is 635 g/mol. The number of aromatic nitrogens is 1. The molecule has 4 heteroatoms. The lowest BCUT2D eigenvalue weighted by Gasteiger charge is -2.43. The van der Waals surface area contributed by atoms with Crippen LogP contribution in [0.3, 0.4) is 0 Å². The Balaban J connectivity index is 1.26. The third-order valence-electron chi connectivity index (χ3n) is 11.1. The predicted molar refractivity (Wildman–Crippen MR) is 210 cm³/mol. The van der Waals surface area contributed by atoms with Crippen LogP contribution < -0.4 is 15.7 Å². The van der Waals surface area contributed by atoms with Crippen molar-refractivity contribution in [3.05, 3.63) is 164 Å². The normalized spacial score (nSPS) is 13.1. The van der Waals surface area contributed by atoms with Gasteiger partial charge < -0.3 is 9.23 Å². The number of hydrogen-bond donors (Lipinski definition) is 0. The smallest absolute Gasteiger partial charge is 0.333 e. The topological polar surface area (TPSA) is 21.3 Å². The first kappa shape index (κ1) is 26.4. The maximum absolute atomic E-state index is 6.79. The van der Waals surface area contributed by atoms with Gasteiger partial charge in [-0.05, 0) is 68.0 Å². The van der Waals surface area contributed by atoms with Crippen LogP contribution >= 0.6 is 0 Å². The third kappa shape index (κ3) is 3.30. The first-order valence-corrected chi connectivity index (χ1v) is 17.3. The van der Waals surface area contributed by atoms with E-state index in [2.05, 4.69) is 173 Å². The molecule has 2 aliphatic heterocycles. The molecule has 2 aliphatic rings. The summed E-state index contributed by atoms with van der Waals surface area (Å²) in [7, 11) is 0. The summed E-state index contributed by atoms with van der Waals surface area (Å²) in [5, 5.41) is 8.56. The van der Waals surface area contributed by atoms with Crippen molar-refractivity contribution >= 4 is 83.7 Å². The van der Waals surface area contributed by atoms with Crippen LogP contribution in [0.2, 0.25) is 0 Å². The Kier molecular flexibility index (Phi) is 5.05. The number of hydrogen-bond acceptors (Lipinski definition) is 2. The van der Waals surface area contributed by atoms with E-state index in [0.717, 1.165) is 16.7 Å². The van der Waals surface area contributed by atoms with Crippen LogP contribution in [0.15, 0.2) is 168 Å². The monoisotopic (exact) mass is 634 g/mol. The highest BCUT2D eigenvalue weighted by molar-refractivity contribution is 6.94. The van der Waals surface area contributed by atoms with Crippen molar-refractivity contribution in [1.82, 2.24) is 4.57 Å². The van der Waals surface area contributed by atoms with Crippen molar-refractivity contribution < 1.29 is 4.42 Å². The fourth-order valence-electron chi connectivity index (χ4n) is 9.11. The van der Waals surface area contributed by atoms with Crippen molar-refractivity contribution in [2.24, 2.45) is 0 Å². The van der Waals surface area contributed by atoms with Crippen molar-refractivity contribution in [3.63, 3.8) is 0 Å². The van der Waals surface area contributed by atoms with Crippen LogP contribution in [0.5, 0.6) is 0 Å². The van der Waals surface area contributed by atoms with E-state index in [4.69, 9.17) is 4.42 Å². The zero-order valence-corrected chi connectivity index (χ0v) is 27.0. The summed E-state index contributed by atoms with van der Waals surface area (Å²) in [6.07, 6.45) is 0. The molecule has 3 nitrogen and oxygen atoms in total. The van der Waals surface area contributed by atoms with E-state index in [-0.39, 0.29) is 6.85 Å². The molecule has 0 radical (unpaired) electrons. The predicted octanol–water partition coefficient (Wildman–Crippen LogP) is 10.7. The zero-order chi connectivity index (χ0) is 32.5. The summed E-state index contributed by atoms with van der Waals surface area (Å²) < 4.78 is 9.21. The molecule has 8 aromatic carbocycles. The highest BCUT2D eigenvalue weighted by Crippen LogP contribution is 2.50. The highest BCUT2D eigenvalue weighted by Gasteiger charge is 2.45. The van der Waals surface area contributed by atoms with Gasteiger partial charge in [0.1, 0.15) is 5.58 Å². The minimum Gasteiger partial charge on any atom is -0.439 e. The van der Waals surface area contributed by atoms with Gasteiger partial charge in [0, 0.05) is 38.8 Å². The zero-order valence-electron chi connectivity index (χ0n) is 27.0. The van der Waals surface area contributed by atoms with Crippen LogP contribution in [0.1, 0.15) is 0 Å². The fourth-order valence-corrected chi connectivity index (χ4v) is 9.11. The van der Waals surface area contributed by atoms with Crippen LogP contribution in [0.25, 0.3) is 82.5 Å². The van der Waals surface area contributed by atoms with Crippen LogP contribution in [-0.2, 0) is 0 Å². The molecule has 0 spiro atoms. The summed E-state index contributed by atoms with van der Waals surface area (Å²) >= 11 is 0. The van der Waals surface area contributed by atoms with Crippen molar-refractivity contribution in [2.75, 3.05) is 4.81 Å². The van der Waals surface area contributed by atoms with Gasteiger partial charge in [-0.25, -0.2) is 0 Å². The summed E-state index contributed by atoms with van der Waals surface area (Å²) in [6, 6.07) is 59.9. The molecule has 0 bridgehead atoms. The lowest BCUT2D eigenvalue weighted by molar-refractivity contribution is 0.646. The maximum atomic E-state index is 6.79. The Morgan fingerprint density at radius 2 is 1.22 bits per heavy atom.